The average Bonchev–Trinajstić information content (AvgIpc) is 2.36. The topological polar surface area (TPSA) is 72.2 Å². The second-order valence-corrected chi connectivity index (χ2v) is 8.11. The summed E-state index contributed by atoms with van der Waals surface area (Å²) in [5, 5.41) is 0. The molecule has 0 amide bonds. The van der Waals surface area contributed by atoms with Gasteiger partial charge in [-0.25, -0.2) is 8.42 Å². The quantitative estimate of drug-likeness (QED) is 0.839. The Morgan fingerprint density at radius 3 is 2.52 bits per heavy atom. The number of hydrogen-bond donors (Lipinski definition) is 2. The molecule has 0 aliphatic carbocycles. The van der Waals surface area contributed by atoms with Crippen molar-refractivity contribution in [2.45, 2.75) is 34.1 Å². The highest BCUT2D eigenvalue weighted by Gasteiger charge is 2.17. The molecule has 0 atom stereocenters. The van der Waals surface area contributed by atoms with Crippen LogP contribution in [-0.2, 0) is 10.0 Å². The number of nitrogens with one attached hydrogen (secondary N) is 1. The summed E-state index contributed by atoms with van der Waals surface area (Å²) in [5.74, 6) is 5.83. The van der Waals surface area contributed by atoms with Gasteiger partial charge in [0.2, 0.25) is 10.0 Å². The van der Waals surface area contributed by atoms with Gasteiger partial charge < -0.3 is 5.73 Å². The van der Waals surface area contributed by atoms with Crippen LogP contribution < -0.4 is 10.5 Å². The fourth-order valence-corrected chi connectivity index (χ4v) is 3.11. The lowest BCUT2D eigenvalue weighted by Crippen LogP contribution is -2.21. The molecule has 0 spiro atoms. The van der Waals surface area contributed by atoms with Gasteiger partial charge >= 0.3 is 0 Å². The van der Waals surface area contributed by atoms with Crippen LogP contribution in [0, 0.1) is 24.2 Å². The van der Waals surface area contributed by atoms with E-state index in [1.54, 1.807) is 12.1 Å². The minimum Gasteiger partial charge on any atom is -0.320 e. The molecule has 0 bridgehead atoms. The highest BCUT2D eigenvalue weighted by Crippen LogP contribution is 2.21. The Labute approximate surface area is 128 Å². The van der Waals surface area contributed by atoms with Crippen molar-refractivity contribution in [1.29, 1.82) is 0 Å². The van der Waals surface area contributed by atoms with Gasteiger partial charge in [0.05, 0.1) is 12.3 Å². The molecule has 116 valence electrons. The monoisotopic (exact) mass is 308 g/mol. The SMILES string of the molecule is Cc1ccc(NS(=O)(=O)CCC(C)(C)C)cc1C#CCN. The van der Waals surface area contributed by atoms with E-state index >= 15 is 0 Å². The van der Waals surface area contributed by atoms with E-state index in [0.717, 1.165) is 11.1 Å². The van der Waals surface area contributed by atoms with Crippen molar-refractivity contribution in [2.24, 2.45) is 11.1 Å². The van der Waals surface area contributed by atoms with E-state index in [9.17, 15) is 8.42 Å². The zero-order valence-electron chi connectivity index (χ0n) is 13.2. The molecule has 4 nitrogen and oxygen atoms in total. The van der Waals surface area contributed by atoms with E-state index in [2.05, 4.69) is 16.6 Å². The van der Waals surface area contributed by atoms with Gasteiger partial charge in [-0.05, 0) is 36.5 Å². The number of sulfonamides is 1. The summed E-state index contributed by atoms with van der Waals surface area (Å²) < 4.78 is 26.8. The Hall–Kier alpha value is -1.51. The number of benzene rings is 1. The number of anilines is 1. The van der Waals surface area contributed by atoms with Gasteiger partial charge in [0.15, 0.2) is 0 Å². The van der Waals surface area contributed by atoms with Crippen molar-refractivity contribution < 1.29 is 8.42 Å². The first-order chi connectivity index (χ1) is 9.63. The summed E-state index contributed by atoms with van der Waals surface area (Å²) in [7, 11) is -3.34. The zero-order chi connectivity index (χ0) is 16.1. The number of rotatable bonds is 4. The third-order valence-corrected chi connectivity index (χ3v) is 4.25. The molecule has 0 aliphatic rings. The normalized spacial score (nSPS) is 11.7. The Balaban J connectivity index is 2.88. The number of nitrogens with two attached hydrogens (primary N) is 1. The van der Waals surface area contributed by atoms with E-state index in [-0.39, 0.29) is 17.7 Å². The highest BCUT2D eigenvalue weighted by atomic mass is 32.2. The maximum atomic E-state index is 12.1. The maximum Gasteiger partial charge on any atom is 0.232 e. The molecule has 0 heterocycles. The van der Waals surface area contributed by atoms with Crippen molar-refractivity contribution in [2.75, 3.05) is 17.0 Å². The van der Waals surface area contributed by atoms with Crippen molar-refractivity contribution in [3.8, 4) is 11.8 Å². The predicted octanol–water partition coefficient (Wildman–Crippen LogP) is 2.48. The molecule has 0 aromatic heterocycles. The smallest absolute Gasteiger partial charge is 0.232 e. The number of hydrogen-bond acceptors (Lipinski definition) is 3. The molecule has 1 aromatic carbocycles. The predicted molar refractivity (Wildman–Crippen MR) is 88.6 cm³/mol. The summed E-state index contributed by atoms with van der Waals surface area (Å²) in [5.41, 5.74) is 7.67. The van der Waals surface area contributed by atoms with Crippen LogP contribution in [0.15, 0.2) is 18.2 Å². The van der Waals surface area contributed by atoms with Gasteiger partial charge in [-0.15, -0.1) is 0 Å². The van der Waals surface area contributed by atoms with E-state index < -0.39 is 10.0 Å². The first-order valence-corrected chi connectivity index (χ1v) is 8.58. The highest BCUT2D eigenvalue weighted by molar-refractivity contribution is 7.92. The lowest BCUT2D eigenvalue weighted by Gasteiger charge is -2.18. The van der Waals surface area contributed by atoms with Crippen molar-refractivity contribution >= 4 is 15.7 Å². The van der Waals surface area contributed by atoms with Gasteiger partial charge in [-0.2, -0.15) is 0 Å². The Kier molecular flexibility index (Phi) is 5.82. The van der Waals surface area contributed by atoms with Crippen LogP contribution in [-0.4, -0.2) is 20.7 Å². The first-order valence-electron chi connectivity index (χ1n) is 6.93. The summed E-state index contributed by atoms with van der Waals surface area (Å²) in [6.45, 7) is 8.28. The van der Waals surface area contributed by atoms with Crippen molar-refractivity contribution in [1.82, 2.24) is 0 Å². The lowest BCUT2D eigenvalue weighted by molar-refractivity contribution is 0.397. The lowest BCUT2D eigenvalue weighted by atomic mass is 9.94. The average molecular weight is 308 g/mol. The molecule has 21 heavy (non-hydrogen) atoms. The number of aryl methyl sites for hydroxylation is 1. The first kappa shape index (κ1) is 17.5. The van der Waals surface area contributed by atoms with Gasteiger partial charge in [0.1, 0.15) is 0 Å². The van der Waals surface area contributed by atoms with Crippen LogP contribution in [0.25, 0.3) is 0 Å². The molecule has 1 aromatic rings. The summed E-state index contributed by atoms with van der Waals surface area (Å²) in [4.78, 5) is 0. The fourth-order valence-electron chi connectivity index (χ4n) is 1.64. The Bertz CT molecular complexity index is 647. The van der Waals surface area contributed by atoms with Crippen LogP contribution in [0.5, 0.6) is 0 Å². The third kappa shape index (κ3) is 6.65. The van der Waals surface area contributed by atoms with Gasteiger partial charge in [-0.1, -0.05) is 38.7 Å². The second-order valence-electron chi connectivity index (χ2n) is 6.27. The van der Waals surface area contributed by atoms with Crippen LogP contribution in [0.4, 0.5) is 5.69 Å². The van der Waals surface area contributed by atoms with E-state index in [4.69, 9.17) is 5.73 Å². The van der Waals surface area contributed by atoms with Gasteiger partial charge in [-0.3, -0.25) is 4.72 Å². The van der Waals surface area contributed by atoms with E-state index in [1.165, 1.54) is 0 Å². The van der Waals surface area contributed by atoms with Crippen LogP contribution in [0.2, 0.25) is 0 Å². The molecule has 0 unspecified atom stereocenters. The van der Waals surface area contributed by atoms with E-state index in [0.29, 0.717) is 12.1 Å². The molecule has 5 heteroatoms. The zero-order valence-corrected chi connectivity index (χ0v) is 14.0. The van der Waals surface area contributed by atoms with Crippen LogP contribution in [0.1, 0.15) is 38.3 Å². The van der Waals surface area contributed by atoms with Gasteiger partial charge in [0, 0.05) is 11.3 Å². The molecule has 0 saturated heterocycles. The molecular formula is C16H24N2O2S. The summed E-state index contributed by atoms with van der Waals surface area (Å²) in [6, 6.07) is 5.34. The molecule has 0 aliphatic heterocycles. The third-order valence-electron chi connectivity index (χ3n) is 2.96. The Morgan fingerprint density at radius 2 is 1.95 bits per heavy atom. The maximum absolute atomic E-state index is 12.1. The van der Waals surface area contributed by atoms with Gasteiger partial charge in [0.25, 0.3) is 0 Å². The minimum absolute atomic E-state index is 0.0141. The molecular weight excluding hydrogens is 284 g/mol. The molecule has 3 N–H and O–H groups in total. The largest absolute Gasteiger partial charge is 0.320 e. The van der Waals surface area contributed by atoms with Crippen LogP contribution >= 0.6 is 0 Å². The molecule has 0 radical (unpaired) electrons. The minimum atomic E-state index is -3.34. The summed E-state index contributed by atoms with van der Waals surface area (Å²) >= 11 is 0. The van der Waals surface area contributed by atoms with E-state index in [1.807, 2.05) is 33.8 Å². The molecule has 0 fully saturated rings. The Morgan fingerprint density at radius 1 is 1.29 bits per heavy atom. The standard InChI is InChI=1S/C16H24N2O2S/c1-13-7-8-15(12-14(13)6-5-10-17)18-21(19,20)11-9-16(2,3)4/h7-8,12,18H,9-11,17H2,1-4H3. The fraction of sp³-hybridized carbons (Fsp3) is 0.500. The second kappa shape index (κ2) is 6.97. The van der Waals surface area contributed by atoms with Crippen molar-refractivity contribution in [3.63, 3.8) is 0 Å². The van der Waals surface area contributed by atoms with Crippen LogP contribution in [0.3, 0.4) is 0 Å². The molecule has 1 rings (SSSR count). The van der Waals surface area contributed by atoms with Crippen molar-refractivity contribution in [3.05, 3.63) is 29.3 Å². The summed E-state index contributed by atoms with van der Waals surface area (Å²) in [6.07, 6.45) is 0.605. The molecule has 0 saturated carbocycles.